The molecule has 0 bridgehead atoms. The Morgan fingerprint density at radius 2 is 1.79 bits per heavy atom. The van der Waals surface area contributed by atoms with E-state index in [0.717, 1.165) is 4.90 Å². The van der Waals surface area contributed by atoms with Gasteiger partial charge in [0.05, 0.1) is 0 Å². The van der Waals surface area contributed by atoms with E-state index in [2.05, 4.69) is 6.58 Å². The predicted molar refractivity (Wildman–Crippen MR) is 46.7 cm³/mol. The molecule has 0 fully saturated rings. The lowest BCUT2D eigenvalue weighted by Crippen LogP contribution is -2.37. The number of carbonyl (C=O) groups excluding carboxylic acids is 1. The molecule has 78 valence electrons. The fourth-order valence-corrected chi connectivity index (χ4v) is 0.773. The first-order valence-corrected chi connectivity index (χ1v) is 3.83. The molecule has 0 aromatic carbocycles. The van der Waals surface area contributed by atoms with Crippen LogP contribution in [0.5, 0.6) is 0 Å². The number of carbonyl (C=O) groups is 3. The van der Waals surface area contributed by atoms with Crippen molar-refractivity contribution in [2.75, 3.05) is 13.1 Å². The van der Waals surface area contributed by atoms with Gasteiger partial charge in [-0.25, -0.2) is 4.79 Å². The van der Waals surface area contributed by atoms with E-state index >= 15 is 0 Å². The number of aliphatic carboxylic acids is 2. The molecule has 14 heavy (non-hydrogen) atoms. The number of carboxylic acids is 2. The average Bonchev–Trinajstić information content (AvgIpc) is 2.11. The van der Waals surface area contributed by atoms with Crippen molar-refractivity contribution in [3.05, 3.63) is 12.2 Å². The first kappa shape index (κ1) is 12.2. The van der Waals surface area contributed by atoms with Crippen LogP contribution in [0.4, 0.5) is 0 Å². The Hall–Kier alpha value is -1.85. The first-order valence-electron chi connectivity index (χ1n) is 3.83. The van der Waals surface area contributed by atoms with Crippen molar-refractivity contribution in [1.82, 2.24) is 4.90 Å². The van der Waals surface area contributed by atoms with E-state index in [0.29, 0.717) is 0 Å². The van der Waals surface area contributed by atoms with Crippen LogP contribution in [0.3, 0.4) is 0 Å². The fourth-order valence-electron chi connectivity index (χ4n) is 0.773. The molecule has 0 aliphatic rings. The zero-order valence-corrected chi connectivity index (χ0v) is 7.69. The van der Waals surface area contributed by atoms with Gasteiger partial charge in [0.2, 0.25) is 0 Å². The number of likely N-dealkylation sites (N-methyl/N-ethyl adjacent to an activating group) is 1. The van der Waals surface area contributed by atoms with Crippen molar-refractivity contribution >= 4 is 17.8 Å². The molecule has 1 amide bonds. The number of carboxylic acid groups (broad SMARTS) is 2. The Morgan fingerprint density at radius 3 is 2.07 bits per heavy atom. The number of amides is 1. The molecular weight excluding hydrogens is 190 g/mol. The van der Waals surface area contributed by atoms with Gasteiger partial charge in [0.1, 0.15) is 12.1 Å². The third-order valence-electron chi connectivity index (χ3n) is 1.51. The lowest BCUT2D eigenvalue weighted by Gasteiger charge is -2.17. The molecule has 0 spiro atoms. The minimum Gasteiger partial charge on any atom is -0.480 e. The van der Waals surface area contributed by atoms with E-state index in [1.54, 1.807) is 6.92 Å². The fraction of sp³-hybridized carbons (Fsp3) is 0.375. The SMILES string of the molecule is C=C(C(=O)O)C(=O)N(CC)CC(=O)O. The topological polar surface area (TPSA) is 94.9 Å². The summed E-state index contributed by atoms with van der Waals surface area (Å²) in [4.78, 5) is 32.8. The van der Waals surface area contributed by atoms with Crippen molar-refractivity contribution in [3.8, 4) is 0 Å². The van der Waals surface area contributed by atoms with Crippen molar-refractivity contribution in [2.45, 2.75) is 6.92 Å². The van der Waals surface area contributed by atoms with Gasteiger partial charge in [-0.15, -0.1) is 0 Å². The molecule has 0 aliphatic heterocycles. The maximum absolute atomic E-state index is 11.2. The smallest absolute Gasteiger partial charge is 0.340 e. The van der Waals surface area contributed by atoms with Crippen LogP contribution < -0.4 is 0 Å². The maximum Gasteiger partial charge on any atom is 0.340 e. The largest absolute Gasteiger partial charge is 0.480 e. The van der Waals surface area contributed by atoms with E-state index in [1.165, 1.54) is 0 Å². The lowest BCUT2D eigenvalue weighted by atomic mass is 10.2. The predicted octanol–water partition coefficient (Wildman–Crippen LogP) is -0.440. The summed E-state index contributed by atoms with van der Waals surface area (Å²) < 4.78 is 0. The Morgan fingerprint density at radius 1 is 1.29 bits per heavy atom. The second-order valence-electron chi connectivity index (χ2n) is 2.50. The quantitative estimate of drug-likeness (QED) is 0.357. The highest BCUT2D eigenvalue weighted by atomic mass is 16.4. The van der Waals surface area contributed by atoms with Crippen LogP contribution in [0.15, 0.2) is 12.2 Å². The highest BCUT2D eigenvalue weighted by Gasteiger charge is 2.21. The molecule has 6 nitrogen and oxygen atoms in total. The van der Waals surface area contributed by atoms with E-state index in [-0.39, 0.29) is 6.54 Å². The minimum absolute atomic E-state index is 0.122. The maximum atomic E-state index is 11.2. The summed E-state index contributed by atoms with van der Waals surface area (Å²) in [6, 6.07) is 0. The van der Waals surface area contributed by atoms with E-state index in [1.807, 2.05) is 0 Å². The molecule has 0 unspecified atom stereocenters. The minimum atomic E-state index is -1.45. The summed E-state index contributed by atoms with van der Waals surface area (Å²) in [5.41, 5.74) is -0.631. The van der Waals surface area contributed by atoms with Crippen LogP contribution in [-0.4, -0.2) is 46.0 Å². The van der Waals surface area contributed by atoms with Gasteiger partial charge in [-0.3, -0.25) is 9.59 Å². The molecule has 0 aromatic rings. The molecule has 0 atom stereocenters. The van der Waals surface area contributed by atoms with Crippen molar-refractivity contribution < 1.29 is 24.6 Å². The van der Waals surface area contributed by atoms with Gasteiger partial charge in [-0.05, 0) is 6.92 Å². The van der Waals surface area contributed by atoms with Crippen LogP contribution in [0, 0.1) is 0 Å². The summed E-state index contributed by atoms with van der Waals surface area (Å²) in [6.45, 7) is 4.19. The van der Waals surface area contributed by atoms with Crippen molar-refractivity contribution in [1.29, 1.82) is 0 Å². The number of hydrogen-bond acceptors (Lipinski definition) is 3. The number of rotatable bonds is 5. The second-order valence-corrected chi connectivity index (χ2v) is 2.50. The molecule has 0 aromatic heterocycles. The van der Waals surface area contributed by atoms with Gasteiger partial charge >= 0.3 is 11.9 Å². The number of hydrogen-bond donors (Lipinski definition) is 2. The van der Waals surface area contributed by atoms with Crippen LogP contribution in [0.1, 0.15) is 6.92 Å². The monoisotopic (exact) mass is 201 g/mol. The Kier molecular flexibility index (Phi) is 4.34. The Labute approximate surface area is 80.4 Å². The standard InChI is InChI=1S/C8H11NO5/c1-3-9(4-6(10)11)7(12)5(2)8(13)14/h2-4H2,1H3,(H,10,11)(H,13,14). The molecular formula is C8H11NO5. The summed E-state index contributed by atoms with van der Waals surface area (Å²) in [7, 11) is 0. The summed E-state index contributed by atoms with van der Waals surface area (Å²) in [5.74, 6) is -3.51. The zero-order chi connectivity index (χ0) is 11.3. The van der Waals surface area contributed by atoms with Crippen LogP contribution >= 0.6 is 0 Å². The van der Waals surface area contributed by atoms with Crippen LogP contribution in [0.25, 0.3) is 0 Å². The summed E-state index contributed by atoms with van der Waals surface area (Å²) >= 11 is 0. The molecule has 0 heterocycles. The first-order chi connectivity index (χ1) is 6.40. The Balaban J connectivity index is 4.54. The molecule has 0 saturated heterocycles. The molecule has 2 N–H and O–H groups in total. The van der Waals surface area contributed by atoms with E-state index in [4.69, 9.17) is 10.2 Å². The number of nitrogens with zero attached hydrogens (tertiary/aromatic N) is 1. The van der Waals surface area contributed by atoms with E-state index in [9.17, 15) is 14.4 Å². The molecule has 6 heteroatoms. The van der Waals surface area contributed by atoms with E-state index < -0.39 is 30.0 Å². The molecule has 0 saturated carbocycles. The van der Waals surface area contributed by atoms with Crippen molar-refractivity contribution in [3.63, 3.8) is 0 Å². The van der Waals surface area contributed by atoms with Gasteiger partial charge in [0.15, 0.2) is 0 Å². The summed E-state index contributed by atoms with van der Waals surface area (Å²) in [6.07, 6.45) is 0. The van der Waals surface area contributed by atoms with Gasteiger partial charge in [-0.2, -0.15) is 0 Å². The van der Waals surface area contributed by atoms with Gasteiger partial charge in [0.25, 0.3) is 5.91 Å². The van der Waals surface area contributed by atoms with Crippen molar-refractivity contribution in [2.24, 2.45) is 0 Å². The molecule has 0 rings (SSSR count). The normalized spacial score (nSPS) is 9.21. The third kappa shape index (κ3) is 3.26. The van der Waals surface area contributed by atoms with Crippen LogP contribution in [-0.2, 0) is 14.4 Å². The Bertz CT molecular complexity index is 283. The van der Waals surface area contributed by atoms with Gasteiger partial charge < -0.3 is 15.1 Å². The second kappa shape index (κ2) is 5.00. The molecule has 0 radical (unpaired) electrons. The van der Waals surface area contributed by atoms with Gasteiger partial charge in [0, 0.05) is 6.54 Å². The molecule has 0 aliphatic carbocycles. The average molecular weight is 201 g/mol. The van der Waals surface area contributed by atoms with Gasteiger partial charge in [-0.1, -0.05) is 6.58 Å². The highest BCUT2D eigenvalue weighted by Crippen LogP contribution is 1.99. The van der Waals surface area contributed by atoms with Crippen LogP contribution in [0.2, 0.25) is 0 Å². The highest BCUT2D eigenvalue weighted by molar-refractivity contribution is 6.15. The third-order valence-corrected chi connectivity index (χ3v) is 1.51. The lowest BCUT2D eigenvalue weighted by molar-refractivity contribution is -0.145. The summed E-state index contributed by atoms with van der Waals surface area (Å²) in [5, 5.41) is 16.8. The zero-order valence-electron chi connectivity index (χ0n) is 7.69.